The van der Waals surface area contributed by atoms with E-state index in [2.05, 4.69) is 6.92 Å². The maximum atomic E-state index is 12.8. The summed E-state index contributed by atoms with van der Waals surface area (Å²) in [5.41, 5.74) is 1.14. The Morgan fingerprint density at radius 2 is 1.65 bits per heavy atom. The number of hydrogen-bond donors (Lipinski definition) is 0. The van der Waals surface area contributed by atoms with Gasteiger partial charge >= 0.3 is 0 Å². The fourth-order valence-corrected chi connectivity index (χ4v) is 1.73. The van der Waals surface area contributed by atoms with Crippen molar-refractivity contribution in [2.75, 3.05) is 0 Å². The topological polar surface area (TPSA) is 9.23 Å². The van der Waals surface area contributed by atoms with E-state index in [-0.39, 0.29) is 11.9 Å². The van der Waals surface area contributed by atoms with E-state index in [0.717, 1.165) is 12.0 Å². The monoisotopic (exact) mass is 230 g/mol. The largest absolute Gasteiger partial charge is 0.486 e. The van der Waals surface area contributed by atoms with E-state index in [1.165, 1.54) is 12.1 Å². The average molecular weight is 230 g/mol. The summed E-state index contributed by atoms with van der Waals surface area (Å²) in [5.74, 6) is 0.451. The maximum absolute atomic E-state index is 12.8. The second-order valence-electron chi connectivity index (χ2n) is 3.88. The molecule has 2 aromatic carbocycles. The molecule has 0 aliphatic carbocycles. The van der Waals surface area contributed by atoms with Crippen LogP contribution < -0.4 is 4.74 Å². The van der Waals surface area contributed by atoms with Gasteiger partial charge in [-0.3, -0.25) is 0 Å². The smallest absolute Gasteiger partial charge is 0.123 e. The SMILES string of the molecule is CCC(Oc1ccc(F)cc1)c1ccccc1. The number of rotatable bonds is 4. The highest BCUT2D eigenvalue weighted by molar-refractivity contribution is 5.25. The van der Waals surface area contributed by atoms with Gasteiger partial charge in [-0.1, -0.05) is 37.3 Å². The number of ether oxygens (including phenoxy) is 1. The van der Waals surface area contributed by atoms with E-state index >= 15 is 0 Å². The minimum Gasteiger partial charge on any atom is -0.486 e. The standard InChI is InChI=1S/C15H15FO/c1-2-15(12-6-4-3-5-7-12)17-14-10-8-13(16)9-11-14/h3-11,15H,2H2,1H3. The Morgan fingerprint density at radius 3 is 2.24 bits per heavy atom. The molecule has 0 amide bonds. The van der Waals surface area contributed by atoms with E-state index in [1.54, 1.807) is 12.1 Å². The van der Waals surface area contributed by atoms with Crippen LogP contribution in [0.3, 0.4) is 0 Å². The fraction of sp³-hybridized carbons (Fsp3) is 0.200. The zero-order valence-electron chi connectivity index (χ0n) is 9.77. The molecule has 88 valence electrons. The van der Waals surface area contributed by atoms with Crippen LogP contribution >= 0.6 is 0 Å². The normalized spacial score (nSPS) is 12.1. The van der Waals surface area contributed by atoms with E-state index in [0.29, 0.717) is 5.75 Å². The third-order valence-corrected chi connectivity index (χ3v) is 2.63. The lowest BCUT2D eigenvalue weighted by Gasteiger charge is -2.17. The molecule has 0 saturated carbocycles. The van der Waals surface area contributed by atoms with E-state index in [4.69, 9.17) is 4.74 Å². The summed E-state index contributed by atoms with van der Waals surface area (Å²) in [6.07, 6.45) is 0.892. The van der Waals surface area contributed by atoms with Crippen molar-refractivity contribution >= 4 is 0 Å². The molecule has 2 rings (SSSR count). The second-order valence-corrected chi connectivity index (χ2v) is 3.88. The van der Waals surface area contributed by atoms with Gasteiger partial charge in [-0.25, -0.2) is 4.39 Å². The van der Waals surface area contributed by atoms with Crippen LogP contribution in [0.1, 0.15) is 25.0 Å². The zero-order valence-corrected chi connectivity index (χ0v) is 9.77. The second kappa shape index (κ2) is 5.48. The van der Waals surface area contributed by atoms with Gasteiger partial charge in [0.05, 0.1) is 0 Å². The summed E-state index contributed by atoms with van der Waals surface area (Å²) < 4.78 is 18.6. The average Bonchev–Trinajstić information content (AvgIpc) is 2.39. The maximum Gasteiger partial charge on any atom is 0.123 e. The van der Waals surface area contributed by atoms with Crippen LogP contribution in [0.2, 0.25) is 0 Å². The molecule has 0 spiro atoms. The molecule has 0 saturated heterocycles. The van der Waals surface area contributed by atoms with Crippen LogP contribution in [0.4, 0.5) is 4.39 Å². The van der Waals surface area contributed by atoms with E-state index < -0.39 is 0 Å². The minimum absolute atomic E-state index is 0.0154. The molecule has 0 aliphatic rings. The van der Waals surface area contributed by atoms with Crippen LogP contribution in [0.25, 0.3) is 0 Å². The van der Waals surface area contributed by atoms with Crippen LogP contribution in [0.5, 0.6) is 5.75 Å². The van der Waals surface area contributed by atoms with Crippen molar-refractivity contribution in [3.63, 3.8) is 0 Å². The van der Waals surface area contributed by atoms with Crippen LogP contribution in [-0.2, 0) is 0 Å². The Kier molecular flexibility index (Phi) is 3.76. The molecule has 0 aromatic heterocycles. The van der Waals surface area contributed by atoms with Crippen LogP contribution in [0.15, 0.2) is 54.6 Å². The number of benzene rings is 2. The van der Waals surface area contributed by atoms with Crippen molar-refractivity contribution in [1.29, 1.82) is 0 Å². The predicted octanol–water partition coefficient (Wildman–Crippen LogP) is 4.36. The van der Waals surface area contributed by atoms with Gasteiger partial charge in [0.2, 0.25) is 0 Å². The summed E-state index contributed by atoms with van der Waals surface area (Å²) in [6, 6.07) is 16.2. The molecule has 17 heavy (non-hydrogen) atoms. The van der Waals surface area contributed by atoms with Gasteiger partial charge in [-0.05, 0) is 36.2 Å². The Morgan fingerprint density at radius 1 is 1.00 bits per heavy atom. The highest BCUT2D eigenvalue weighted by Gasteiger charge is 2.10. The predicted molar refractivity (Wildman–Crippen MR) is 66.5 cm³/mol. The Hall–Kier alpha value is -1.83. The van der Waals surface area contributed by atoms with E-state index in [9.17, 15) is 4.39 Å². The van der Waals surface area contributed by atoms with Crippen molar-refractivity contribution in [3.8, 4) is 5.75 Å². The fourth-order valence-electron chi connectivity index (χ4n) is 1.73. The molecule has 2 aromatic rings. The molecule has 0 aliphatic heterocycles. The van der Waals surface area contributed by atoms with Crippen LogP contribution in [-0.4, -0.2) is 0 Å². The van der Waals surface area contributed by atoms with Gasteiger partial charge < -0.3 is 4.74 Å². The summed E-state index contributed by atoms with van der Waals surface area (Å²) >= 11 is 0. The first-order valence-corrected chi connectivity index (χ1v) is 5.76. The first kappa shape index (κ1) is 11.6. The molecule has 1 unspecified atom stereocenters. The molecule has 1 nitrogen and oxygen atoms in total. The van der Waals surface area contributed by atoms with Gasteiger partial charge in [0.25, 0.3) is 0 Å². The molecule has 0 fully saturated rings. The molecular formula is C15H15FO. The number of hydrogen-bond acceptors (Lipinski definition) is 1. The van der Waals surface area contributed by atoms with Crippen LogP contribution in [0, 0.1) is 5.82 Å². The van der Waals surface area contributed by atoms with Crippen molar-refractivity contribution < 1.29 is 9.13 Å². The third kappa shape index (κ3) is 3.06. The lowest BCUT2D eigenvalue weighted by Crippen LogP contribution is -2.06. The van der Waals surface area contributed by atoms with Gasteiger partial charge in [0.15, 0.2) is 0 Å². The van der Waals surface area contributed by atoms with Crippen molar-refractivity contribution in [1.82, 2.24) is 0 Å². The Bertz CT molecular complexity index is 450. The molecule has 0 heterocycles. The van der Waals surface area contributed by atoms with Gasteiger partial charge in [-0.15, -0.1) is 0 Å². The summed E-state index contributed by atoms with van der Waals surface area (Å²) in [6.45, 7) is 2.07. The summed E-state index contributed by atoms with van der Waals surface area (Å²) in [5, 5.41) is 0. The summed E-state index contributed by atoms with van der Waals surface area (Å²) in [7, 11) is 0. The molecule has 0 N–H and O–H groups in total. The molecule has 2 heteroatoms. The minimum atomic E-state index is -0.245. The van der Waals surface area contributed by atoms with Crippen molar-refractivity contribution in [2.24, 2.45) is 0 Å². The molecule has 0 bridgehead atoms. The zero-order chi connectivity index (χ0) is 12.1. The van der Waals surface area contributed by atoms with Crippen molar-refractivity contribution in [3.05, 3.63) is 66.0 Å². The third-order valence-electron chi connectivity index (χ3n) is 2.63. The van der Waals surface area contributed by atoms with Gasteiger partial charge in [-0.2, -0.15) is 0 Å². The molecular weight excluding hydrogens is 215 g/mol. The molecule has 1 atom stereocenters. The highest BCUT2D eigenvalue weighted by Crippen LogP contribution is 2.24. The first-order valence-electron chi connectivity index (χ1n) is 5.76. The Balaban J connectivity index is 2.13. The lowest BCUT2D eigenvalue weighted by molar-refractivity contribution is 0.201. The summed E-state index contributed by atoms with van der Waals surface area (Å²) in [4.78, 5) is 0. The Labute approximate surface area is 101 Å². The van der Waals surface area contributed by atoms with Crippen molar-refractivity contribution in [2.45, 2.75) is 19.4 Å². The van der Waals surface area contributed by atoms with E-state index in [1.807, 2.05) is 30.3 Å². The molecule has 0 radical (unpaired) electrons. The van der Waals surface area contributed by atoms with Gasteiger partial charge in [0, 0.05) is 0 Å². The number of halogens is 1. The van der Waals surface area contributed by atoms with Gasteiger partial charge in [0.1, 0.15) is 17.7 Å². The first-order chi connectivity index (χ1) is 8.29. The highest BCUT2D eigenvalue weighted by atomic mass is 19.1. The lowest BCUT2D eigenvalue weighted by atomic mass is 10.1. The quantitative estimate of drug-likeness (QED) is 0.758.